The van der Waals surface area contributed by atoms with Gasteiger partial charge in [0.1, 0.15) is 5.65 Å². The first-order valence-electron chi connectivity index (χ1n) is 12.0. The third-order valence-corrected chi connectivity index (χ3v) is 7.41. The Labute approximate surface area is 192 Å². The average Bonchev–Trinajstić information content (AvgIpc) is 3.19. The van der Waals surface area contributed by atoms with E-state index in [1.807, 2.05) is 0 Å². The molecule has 2 heteroatoms. The van der Waals surface area contributed by atoms with E-state index in [4.69, 9.17) is 4.98 Å². The maximum absolute atomic E-state index is 5.07. The van der Waals surface area contributed by atoms with Crippen molar-refractivity contribution in [2.75, 3.05) is 0 Å². The summed E-state index contributed by atoms with van der Waals surface area (Å²) >= 11 is 0. The second-order valence-corrected chi connectivity index (χ2v) is 10.3. The highest BCUT2D eigenvalue weighted by atomic mass is 15.0. The van der Waals surface area contributed by atoms with Crippen molar-refractivity contribution in [3.8, 4) is 11.3 Å². The van der Waals surface area contributed by atoms with Gasteiger partial charge in [-0.15, -0.1) is 0 Å². The highest BCUT2D eigenvalue weighted by Crippen LogP contribution is 2.41. The number of hydrogen-bond donors (Lipinski definition) is 0. The van der Waals surface area contributed by atoms with Gasteiger partial charge in [0.2, 0.25) is 0 Å². The summed E-state index contributed by atoms with van der Waals surface area (Å²) in [5.74, 6) is 1.46. The largest absolute Gasteiger partial charge is 0.292 e. The van der Waals surface area contributed by atoms with Crippen molar-refractivity contribution in [2.45, 2.75) is 66.7 Å². The SMILES string of the molecule is CC1=Cc2c(c3cccc(C)c3c3ncc(-c4c(C(C)C)cccc4C(C)C)n23)CC1C. The van der Waals surface area contributed by atoms with Crippen molar-refractivity contribution in [1.29, 1.82) is 0 Å². The maximum Gasteiger partial charge on any atom is 0.145 e. The van der Waals surface area contributed by atoms with Gasteiger partial charge < -0.3 is 0 Å². The van der Waals surface area contributed by atoms with Gasteiger partial charge in [0.25, 0.3) is 0 Å². The molecule has 2 heterocycles. The Hall–Kier alpha value is -2.87. The molecule has 4 aromatic rings. The minimum absolute atomic E-state index is 0.449. The van der Waals surface area contributed by atoms with E-state index in [1.54, 1.807) is 0 Å². The van der Waals surface area contributed by atoms with Crippen LogP contribution in [0.4, 0.5) is 0 Å². The van der Waals surface area contributed by atoms with Gasteiger partial charge in [-0.25, -0.2) is 4.98 Å². The number of hydrogen-bond acceptors (Lipinski definition) is 1. The fourth-order valence-corrected chi connectivity index (χ4v) is 5.48. The van der Waals surface area contributed by atoms with Gasteiger partial charge >= 0.3 is 0 Å². The Balaban J connectivity index is 1.99. The number of aryl methyl sites for hydroxylation is 1. The second kappa shape index (κ2) is 7.62. The smallest absolute Gasteiger partial charge is 0.145 e. The fraction of sp³-hybridized carbons (Fsp3) is 0.367. The standard InChI is InChI=1S/C30H34N2/c1-17(2)22-11-9-12-23(18(3)4)29(22)27-16-31-30-28-19(5)10-8-13-24(28)25-14-20(6)21(7)15-26(25)32(27)30/h8-13,15-18,20H,14H2,1-7H3. The van der Waals surface area contributed by atoms with Crippen LogP contribution in [0.15, 0.2) is 48.2 Å². The molecule has 0 bridgehead atoms. The number of pyridine rings is 1. The predicted octanol–water partition coefficient (Wildman–Crippen LogP) is 8.31. The Morgan fingerprint density at radius 3 is 2.25 bits per heavy atom. The molecule has 0 aliphatic heterocycles. The van der Waals surface area contributed by atoms with Crippen molar-refractivity contribution in [1.82, 2.24) is 9.38 Å². The molecule has 0 fully saturated rings. The van der Waals surface area contributed by atoms with Crippen LogP contribution < -0.4 is 0 Å². The summed E-state index contributed by atoms with van der Waals surface area (Å²) in [6, 6.07) is 13.5. The van der Waals surface area contributed by atoms with Crippen molar-refractivity contribution in [3.63, 3.8) is 0 Å². The number of fused-ring (bicyclic) bond motifs is 6. The van der Waals surface area contributed by atoms with E-state index in [-0.39, 0.29) is 0 Å². The van der Waals surface area contributed by atoms with Gasteiger partial charge in [-0.1, -0.05) is 76.6 Å². The molecule has 0 saturated carbocycles. The van der Waals surface area contributed by atoms with Crippen LogP contribution in [0, 0.1) is 12.8 Å². The van der Waals surface area contributed by atoms with Gasteiger partial charge in [0.05, 0.1) is 17.6 Å². The zero-order valence-corrected chi connectivity index (χ0v) is 20.5. The quantitative estimate of drug-likeness (QED) is 0.324. The summed E-state index contributed by atoms with van der Waals surface area (Å²) in [5.41, 5.74) is 12.0. The fourth-order valence-electron chi connectivity index (χ4n) is 5.48. The highest BCUT2D eigenvalue weighted by Gasteiger charge is 2.26. The molecule has 1 atom stereocenters. The van der Waals surface area contributed by atoms with Crippen molar-refractivity contribution in [3.05, 3.63) is 76.1 Å². The molecule has 1 aliphatic carbocycles. The molecule has 2 nitrogen and oxygen atoms in total. The van der Waals surface area contributed by atoms with Crippen LogP contribution in [-0.2, 0) is 6.42 Å². The molecule has 1 aliphatic rings. The lowest BCUT2D eigenvalue weighted by molar-refractivity contribution is 0.671. The Bertz CT molecular complexity index is 1360. The summed E-state index contributed by atoms with van der Waals surface area (Å²) in [5, 5.41) is 2.66. The first-order valence-corrected chi connectivity index (χ1v) is 12.0. The lowest BCUT2D eigenvalue weighted by Gasteiger charge is -2.26. The van der Waals surface area contributed by atoms with Gasteiger partial charge in [-0.2, -0.15) is 0 Å². The molecule has 0 saturated heterocycles. The Morgan fingerprint density at radius 2 is 1.59 bits per heavy atom. The lowest BCUT2D eigenvalue weighted by atomic mass is 9.84. The summed E-state index contributed by atoms with van der Waals surface area (Å²) < 4.78 is 2.47. The molecule has 0 radical (unpaired) electrons. The lowest BCUT2D eigenvalue weighted by Crippen LogP contribution is -2.13. The maximum atomic E-state index is 5.07. The number of rotatable bonds is 3. The van der Waals surface area contributed by atoms with Crippen molar-refractivity contribution in [2.24, 2.45) is 5.92 Å². The first kappa shape index (κ1) is 21.0. The molecule has 164 valence electrons. The number of aromatic nitrogens is 2. The summed E-state index contributed by atoms with van der Waals surface area (Å²) in [6.45, 7) is 16.0. The number of imidazole rings is 1. The van der Waals surface area contributed by atoms with Crippen LogP contribution >= 0.6 is 0 Å². The van der Waals surface area contributed by atoms with E-state index in [0.29, 0.717) is 17.8 Å². The van der Waals surface area contributed by atoms with E-state index in [2.05, 4.69) is 102 Å². The van der Waals surface area contributed by atoms with Crippen LogP contribution in [0.25, 0.3) is 33.8 Å². The predicted molar refractivity (Wildman–Crippen MR) is 138 cm³/mol. The molecule has 0 spiro atoms. The molecule has 0 N–H and O–H groups in total. The Morgan fingerprint density at radius 1 is 0.938 bits per heavy atom. The molecule has 0 amide bonds. The van der Waals surface area contributed by atoms with Gasteiger partial charge in [0.15, 0.2) is 0 Å². The molecule has 1 unspecified atom stereocenters. The van der Waals surface area contributed by atoms with E-state index >= 15 is 0 Å². The third kappa shape index (κ3) is 3.03. The molecular weight excluding hydrogens is 388 g/mol. The van der Waals surface area contributed by atoms with E-state index in [1.165, 1.54) is 55.6 Å². The van der Waals surface area contributed by atoms with E-state index < -0.39 is 0 Å². The van der Waals surface area contributed by atoms with Crippen LogP contribution in [0.3, 0.4) is 0 Å². The Kier molecular flexibility index (Phi) is 5.00. The molecule has 32 heavy (non-hydrogen) atoms. The monoisotopic (exact) mass is 422 g/mol. The van der Waals surface area contributed by atoms with Crippen LogP contribution in [0.5, 0.6) is 0 Å². The molecular formula is C30H34N2. The van der Waals surface area contributed by atoms with Crippen molar-refractivity contribution < 1.29 is 0 Å². The molecule has 5 rings (SSSR count). The summed E-state index contributed by atoms with van der Waals surface area (Å²) in [6.07, 6.45) is 5.61. The minimum Gasteiger partial charge on any atom is -0.292 e. The average molecular weight is 423 g/mol. The van der Waals surface area contributed by atoms with Gasteiger partial charge in [-0.05, 0) is 71.7 Å². The topological polar surface area (TPSA) is 17.3 Å². The first-order chi connectivity index (χ1) is 15.3. The number of nitrogens with zero attached hydrogens (tertiary/aromatic N) is 2. The minimum atomic E-state index is 0.449. The van der Waals surface area contributed by atoms with E-state index in [9.17, 15) is 0 Å². The van der Waals surface area contributed by atoms with E-state index in [0.717, 1.165) is 12.1 Å². The molecule has 2 aromatic heterocycles. The van der Waals surface area contributed by atoms with Gasteiger partial charge in [-0.3, -0.25) is 4.40 Å². The van der Waals surface area contributed by atoms with Crippen LogP contribution in [0.1, 0.15) is 81.3 Å². The highest BCUT2D eigenvalue weighted by molar-refractivity contribution is 6.01. The van der Waals surface area contributed by atoms with Gasteiger partial charge in [0, 0.05) is 10.9 Å². The zero-order chi connectivity index (χ0) is 22.7. The summed E-state index contributed by atoms with van der Waals surface area (Å²) in [7, 11) is 0. The number of benzene rings is 2. The number of allylic oxidation sites excluding steroid dienone is 1. The zero-order valence-electron chi connectivity index (χ0n) is 20.5. The molecule has 2 aromatic carbocycles. The van der Waals surface area contributed by atoms with Crippen LogP contribution in [-0.4, -0.2) is 9.38 Å². The summed E-state index contributed by atoms with van der Waals surface area (Å²) in [4.78, 5) is 5.07. The van der Waals surface area contributed by atoms with Crippen LogP contribution in [0.2, 0.25) is 0 Å². The van der Waals surface area contributed by atoms with Crippen molar-refractivity contribution >= 4 is 22.5 Å². The normalized spacial score (nSPS) is 16.3. The third-order valence-electron chi connectivity index (χ3n) is 7.41. The second-order valence-electron chi connectivity index (χ2n) is 10.3.